The molecule has 1 atom stereocenters. The van der Waals surface area contributed by atoms with E-state index in [1.165, 1.54) is 44.1 Å². The third-order valence-corrected chi connectivity index (χ3v) is 5.77. The molecule has 2 heterocycles. The second-order valence-electron chi connectivity index (χ2n) is 8.28. The summed E-state index contributed by atoms with van der Waals surface area (Å²) in [6.07, 6.45) is 9.29. The Balaban J connectivity index is 1.80. The average molecular weight is 414 g/mol. The molecule has 1 aromatic heterocycles. The van der Waals surface area contributed by atoms with E-state index in [1.807, 2.05) is 0 Å². The normalized spacial score (nSPS) is 15.5. The highest BCUT2D eigenvalue weighted by Gasteiger charge is 2.25. The van der Waals surface area contributed by atoms with Gasteiger partial charge in [-0.15, -0.1) is 0 Å². The van der Waals surface area contributed by atoms with Gasteiger partial charge in [-0.25, -0.2) is 4.98 Å². The molecule has 5 heteroatoms. The Labute approximate surface area is 182 Å². The molecule has 0 amide bonds. The predicted molar refractivity (Wildman–Crippen MR) is 123 cm³/mol. The number of nitrogens with one attached hydrogen (secondary N) is 1. The van der Waals surface area contributed by atoms with Gasteiger partial charge in [-0.3, -0.25) is 0 Å². The molecular formula is C25H39N3O2. The van der Waals surface area contributed by atoms with Crippen LogP contribution in [0.2, 0.25) is 0 Å². The van der Waals surface area contributed by atoms with Crippen molar-refractivity contribution in [3.63, 3.8) is 0 Å². The Hall–Kier alpha value is -1.85. The third kappa shape index (κ3) is 6.85. The second-order valence-corrected chi connectivity index (χ2v) is 8.28. The summed E-state index contributed by atoms with van der Waals surface area (Å²) >= 11 is 0. The fourth-order valence-electron chi connectivity index (χ4n) is 3.97. The van der Waals surface area contributed by atoms with E-state index in [-0.39, 0.29) is 6.04 Å². The zero-order valence-corrected chi connectivity index (χ0v) is 18.9. The van der Waals surface area contributed by atoms with Crippen molar-refractivity contribution < 1.29 is 9.15 Å². The van der Waals surface area contributed by atoms with Crippen LogP contribution in [0.5, 0.6) is 0 Å². The molecule has 1 fully saturated rings. The number of hydrogen-bond donors (Lipinski definition) is 1. The SMILES string of the molecule is CCCCCCC(NCCCC)c1nc(Cc2ccccc2)c(N2CCOCC2)o1. The van der Waals surface area contributed by atoms with Gasteiger partial charge < -0.3 is 19.4 Å². The van der Waals surface area contributed by atoms with Crippen LogP contribution in [0.4, 0.5) is 5.88 Å². The summed E-state index contributed by atoms with van der Waals surface area (Å²) in [4.78, 5) is 7.35. The van der Waals surface area contributed by atoms with Gasteiger partial charge in [0.05, 0.1) is 19.3 Å². The molecule has 1 unspecified atom stereocenters. The van der Waals surface area contributed by atoms with Gasteiger partial charge in [0.2, 0.25) is 11.8 Å². The monoisotopic (exact) mass is 413 g/mol. The van der Waals surface area contributed by atoms with E-state index in [0.29, 0.717) is 0 Å². The van der Waals surface area contributed by atoms with Crippen LogP contribution < -0.4 is 10.2 Å². The first-order valence-electron chi connectivity index (χ1n) is 11.9. The molecule has 0 saturated carbocycles. The van der Waals surface area contributed by atoms with Crippen LogP contribution in [0, 0.1) is 0 Å². The van der Waals surface area contributed by atoms with Gasteiger partial charge in [-0.1, -0.05) is 76.3 Å². The number of aromatic nitrogens is 1. The Morgan fingerprint density at radius 2 is 1.77 bits per heavy atom. The van der Waals surface area contributed by atoms with E-state index >= 15 is 0 Å². The Morgan fingerprint density at radius 3 is 2.50 bits per heavy atom. The maximum Gasteiger partial charge on any atom is 0.220 e. The maximum absolute atomic E-state index is 6.47. The Morgan fingerprint density at radius 1 is 1.00 bits per heavy atom. The van der Waals surface area contributed by atoms with E-state index in [4.69, 9.17) is 14.1 Å². The van der Waals surface area contributed by atoms with E-state index < -0.39 is 0 Å². The molecule has 30 heavy (non-hydrogen) atoms. The van der Waals surface area contributed by atoms with Crippen molar-refractivity contribution >= 4 is 5.88 Å². The van der Waals surface area contributed by atoms with Gasteiger partial charge >= 0.3 is 0 Å². The lowest BCUT2D eigenvalue weighted by Gasteiger charge is -2.27. The number of unbranched alkanes of at least 4 members (excludes halogenated alkanes) is 4. The molecule has 1 aromatic carbocycles. The summed E-state index contributed by atoms with van der Waals surface area (Å²) in [6.45, 7) is 8.72. The number of rotatable bonds is 13. The number of benzene rings is 1. The Kier molecular flexibility index (Phi) is 9.71. The first-order chi connectivity index (χ1) is 14.8. The van der Waals surface area contributed by atoms with Gasteiger partial charge in [0.25, 0.3) is 0 Å². The standard InChI is InChI=1S/C25H39N3O2/c1-3-5-7-11-14-22(26-15-6-4-2)24-27-23(20-21-12-9-8-10-13-21)25(30-24)28-16-18-29-19-17-28/h8-10,12-13,22,26H,3-7,11,14-20H2,1-2H3. The van der Waals surface area contributed by atoms with Crippen LogP contribution in [-0.2, 0) is 11.2 Å². The molecule has 1 aliphatic rings. The summed E-state index contributed by atoms with van der Waals surface area (Å²) in [5.74, 6) is 1.79. The van der Waals surface area contributed by atoms with E-state index in [0.717, 1.165) is 63.2 Å². The van der Waals surface area contributed by atoms with Gasteiger partial charge in [-0.05, 0) is 24.9 Å². The molecular weight excluding hydrogens is 374 g/mol. The lowest BCUT2D eigenvalue weighted by molar-refractivity contribution is 0.120. The highest BCUT2D eigenvalue weighted by atomic mass is 16.5. The smallest absolute Gasteiger partial charge is 0.220 e. The van der Waals surface area contributed by atoms with Gasteiger partial charge in [0, 0.05) is 19.5 Å². The van der Waals surface area contributed by atoms with E-state index in [9.17, 15) is 0 Å². The van der Waals surface area contributed by atoms with Gasteiger partial charge in [-0.2, -0.15) is 0 Å². The maximum atomic E-state index is 6.47. The molecule has 0 aliphatic carbocycles. The number of morpholine rings is 1. The minimum atomic E-state index is 0.192. The van der Waals surface area contributed by atoms with Crippen molar-refractivity contribution in [2.75, 3.05) is 37.7 Å². The lowest BCUT2D eigenvalue weighted by Crippen LogP contribution is -2.36. The largest absolute Gasteiger partial charge is 0.423 e. The fourth-order valence-corrected chi connectivity index (χ4v) is 3.97. The van der Waals surface area contributed by atoms with Crippen molar-refractivity contribution in [3.8, 4) is 0 Å². The first kappa shape index (κ1) is 22.8. The van der Waals surface area contributed by atoms with Gasteiger partial charge in [0.1, 0.15) is 5.69 Å². The minimum Gasteiger partial charge on any atom is -0.423 e. The van der Waals surface area contributed by atoms with Crippen LogP contribution >= 0.6 is 0 Å². The minimum absolute atomic E-state index is 0.192. The third-order valence-electron chi connectivity index (χ3n) is 5.77. The number of oxazole rings is 1. The fraction of sp³-hybridized carbons (Fsp3) is 0.640. The van der Waals surface area contributed by atoms with Crippen LogP contribution in [0.25, 0.3) is 0 Å². The van der Waals surface area contributed by atoms with Gasteiger partial charge in [0.15, 0.2) is 0 Å². The zero-order valence-electron chi connectivity index (χ0n) is 18.9. The molecule has 0 radical (unpaired) electrons. The summed E-state index contributed by atoms with van der Waals surface area (Å²) in [6, 6.07) is 10.8. The molecule has 1 N–H and O–H groups in total. The first-order valence-corrected chi connectivity index (χ1v) is 11.9. The molecule has 0 spiro atoms. The molecule has 1 saturated heterocycles. The van der Waals surface area contributed by atoms with Crippen LogP contribution in [0.3, 0.4) is 0 Å². The van der Waals surface area contributed by atoms with E-state index in [1.54, 1.807) is 0 Å². The van der Waals surface area contributed by atoms with Crippen molar-refractivity contribution in [2.24, 2.45) is 0 Å². The molecule has 3 rings (SSSR count). The highest BCUT2D eigenvalue weighted by molar-refractivity contribution is 5.44. The van der Waals surface area contributed by atoms with Crippen molar-refractivity contribution in [3.05, 3.63) is 47.5 Å². The summed E-state index contributed by atoms with van der Waals surface area (Å²) < 4.78 is 12.0. The van der Waals surface area contributed by atoms with Crippen molar-refractivity contribution in [1.82, 2.24) is 10.3 Å². The van der Waals surface area contributed by atoms with Crippen LogP contribution in [0.1, 0.15) is 82.0 Å². The highest BCUT2D eigenvalue weighted by Crippen LogP contribution is 2.30. The van der Waals surface area contributed by atoms with Crippen molar-refractivity contribution in [1.29, 1.82) is 0 Å². The lowest BCUT2D eigenvalue weighted by atomic mass is 10.1. The zero-order chi connectivity index (χ0) is 21.0. The topological polar surface area (TPSA) is 50.5 Å². The summed E-state index contributed by atoms with van der Waals surface area (Å²) in [5, 5.41) is 3.72. The molecule has 0 bridgehead atoms. The predicted octanol–water partition coefficient (Wildman–Crippen LogP) is 5.50. The number of ether oxygens (including phenoxy) is 1. The summed E-state index contributed by atoms with van der Waals surface area (Å²) in [5.41, 5.74) is 2.32. The molecule has 1 aliphatic heterocycles. The molecule has 166 valence electrons. The van der Waals surface area contributed by atoms with Crippen LogP contribution in [-0.4, -0.2) is 37.8 Å². The van der Waals surface area contributed by atoms with Crippen molar-refractivity contribution in [2.45, 2.75) is 71.3 Å². The second kappa shape index (κ2) is 12.8. The van der Waals surface area contributed by atoms with Crippen LogP contribution in [0.15, 0.2) is 34.7 Å². The quantitative estimate of drug-likeness (QED) is 0.439. The summed E-state index contributed by atoms with van der Waals surface area (Å²) in [7, 11) is 0. The average Bonchev–Trinajstić information content (AvgIpc) is 3.20. The molecule has 5 nitrogen and oxygen atoms in total. The Bertz CT molecular complexity index is 710. The number of anilines is 1. The molecule has 2 aromatic rings. The van der Waals surface area contributed by atoms with E-state index in [2.05, 4.69) is 54.4 Å². The number of hydrogen-bond acceptors (Lipinski definition) is 5. The number of nitrogens with zero attached hydrogens (tertiary/aromatic N) is 2.